The molecule has 2 fully saturated rings. The number of fused-ring (bicyclic) bond motifs is 1. The van der Waals surface area contributed by atoms with Gasteiger partial charge in [-0.3, -0.25) is 4.90 Å². The van der Waals surface area contributed by atoms with Crippen molar-refractivity contribution in [2.45, 2.75) is 31.9 Å². The summed E-state index contributed by atoms with van der Waals surface area (Å²) in [7, 11) is 0. The monoisotopic (exact) mass is 310 g/mol. The molecule has 0 bridgehead atoms. The van der Waals surface area contributed by atoms with E-state index in [4.69, 9.17) is 4.74 Å². The lowest BCUT2D eigenvalue weighted by atomic mass is 9.98. The number of hydrogen-bond acceptors (Lipinski definition) is 3. The highest BCUT2D eigenvalue weighted by Crippen LogP contribution is 2.23. The molecule has 0 amide bonds. The van der Waals surface area contributed by atoms with Crippen molar-refractivity contribution in [1.82, 2.24) is 9.80 Å². The predicted molar refractivity (Wildman–Crippen MR) is 81.9 cm³/mol. The van der Waals surface area contributed by atoms with E-state index in [2.05, 4.69) is 16.7 Å². The van der Waals surface area contributed by atoms with E-state index in [0.29, 0.717) is 12.1 Å². The highest BCUT2D eigenvalue weighted by molar-refractivity contribution is 5.18. The van der Waals surface area contributed by atoms with Crippen LogP contribution < -0.4 is 0 Å². The molecule has 0 aliphatic carbocycles. The minimum absolute atomic E-state index is 0.321. The fourth-order valence-electron chi connectivity index (χ4n) is 3.54. The van der Waals surface area contributed by atoms with Gasteiger partial charge in [0.05, 0.1) is 12.7 Å². The molecule has 1 aromatic rings. The second kappa shape index (κ2) is 7.02. The first-order chi connectivity index (χ1) is 10.7. The Kier molecular flexibility index (Phi) is 5.06. The van der Waals surface area contributed by atoms with Crippen molar-refractivity contribution in [3.05, 3.63) is 35.4 Å². The van der Waals surface area contributed by atoms with Crippen LogP contribution in [0.2, 0.25) is 0 Å². The number of hydrogen-bond donors (Lipinski definition) is 0. The van der Waals surface area contributed by atoms with Crippen molar-refractivity contribution >= 4 is 0 Å². The highest BCUT2D eigenvalue weighted by atomic mass is 19.2. The third-order valence-corrected chi connectivity index (χ3v) is 4.90. The Bertz CT molecular complexity index is 511. The first-order valence-corrected chi connectivity index (χ1v) is 8.19. The maximum Gasteiger partial charge on any atom is 0.159 e. The van der Waals surface area contributed by atoms with Gasteiger partial charge in [-0.25, -0.2) is 8.78 Å². The van der Waals surface area contributed by atoms with Crippen molar-refractivity contribution < 1.29 is 13.5 Å². The zero-order chi connectivity index (χ0) is 15.5. The molecule has 5 heteroatoms. The molecular weight excluding hydrogens is 286 g/mol. The number of piperidine rings is 1. The number of morpholine rings is 1. The Hall–Kier alpha value is -1.04. The predicted octanol–water partition coefficient (Wildman–Crippen LogP) is 2.30. The first-order valence-electron chi connectivity index (χ1n) is 8.19. The Morgan fingerprint density at radius 1 is 1.23 bits per heavy atom. The van der Waals surface area contributed by atoms with E-state index in [1.165, 1.54) is 12.1 Å². The van der Waals surface area contributed by atoms with Gasteiger partial charge in [0.1, 0.15) is 0 Å². The van der Waals surface area contributed by atoms with Crippen molar-refractivity contribution in [2.75, 3.05) is 39.3 Å². The van der Waals surface area contributed by atoms with Gasteiger partial charge in [0.2, 0.25) is 0 Å². The fourth-order valence-corrected chi connectivity index (χ4v) is 3.54. The molecule has 2 aliphatic heterocycles. The summed E-state index contributed by atoms with van der Waals surface area (Å²) in [6.07, 6.45) is 2.15. The summed E-state index contributed by atoms with van der Waals surface area (Å²) in [5.74, 6) is -1.53. The lowest BCUT2D eigenvalue weighted by Crippen LogP contribution is -2.60. The standard InChI is InChI=1S/C17H24F2N2O/c1-2-20-7-6-17-16(12-20)21(9-10-22-17)8-5-13-3-4-14(18)15(19)11-13/h3-4,11,16-17H,2,5-10,12H2,1H3/t16-,17+/m0/s1. The van der Waals surface area contributed by atoms with Crippen LogP contribution in [0.15, 0.2) is 18.2 Å². The lowest BCUT2D eigenvalue weighted by Gasteiger charge is -2.47. The maximum absolute atomic E-state index is 13.3. The molecule has 0 radical (unpaired) electrons. The normalized spacial score (nSPS) is 26.9. The molecule has 3 rings (SSSR count). The van der Waals surface area contributed by atoms with Gasteiger partial charge >= 0.3 is 0 Å². The summed E-state index contributed by atoms with van der Waals surface area (Å²) in [4.78, 5) is 4.91. The second-order valence-electron chi connectivity index (χ2n) is 6.19. The Morgan fingerprint density at radius 2 is 2.09 bits per heavy atom. The third-order valence-electron chi connectivity index (χ3n) is 4.90. The van der Waals surface area contributed by atoms with Crippen LogP contribution in [0.5, 0.6) is 0 Å². The minimum Gasteiger partial charge on any atom is -0.375 e. The summed E-state index contributed by atoms with van der Waals surface area (Å²) < 4.78 is 32.2. The van der Waals surface area contributed by atoms with Crippen LogP contribution >= 0.6 is 0 Å². The Morgan fingerprint density at radius 3 is 2.86 bits per heavy atom. The van der Waals surface area contributed by atoms with Crippen LogP contribution in [0, 0.1) is 11.6 Å². The summed E-state index contributed by atoms with van der Waals surface area (Å²) in [6.45, 7) is 7.96. The fraction of sp³-hybridized carbons (Fsp3) is 0.647. The van der Waals surface area contributed by atoms with Gasteiger partial charge in [0.25, 0.3) is 0 Å². The number of likely N-dealkylation sites (N-methyl/N-ethyl adjacent to an activating group) is 1. The molecular formula is C17H24F2N2O. The number of rotatable bonds is 4. The van der Waals surface area contributed by atoms with E-state index in [1.807, 2.05) is 0 Å². The topological polar surface area (TPSA) is 15.7 Å². The molecule has 0 saturated carbocycles. The van der Waals surface area contributed by atoms with E-state index in [9.17, 15) is 8.78 Å². The molecule has 0 spiro atoms. The molecule has 22 heavy (non-hydrogen) atoms. The van der Waals surface area contributed by atoms with E-state index in [0.717, 1.165) is 57.7 Å². The van der Waals surface area contributed by atoms with E-state index in [-0.39, 0.29) is 0 Å². The van der Waals surface area contributed by atoms with Gasteiger partial charge in [-0.2, -0.15) is 0 Å². The van der Waals surface area contributed by atoms with Gasteiger partial charge in [-0.15, -0.1) is 0 Å². The number of ether oxygens (including phenoxy) is 1. The summed E-state index contributed by atoms with van der Waals surface area (Å²) in [6, 6.07) is 4.63. The van der Waals surface area contributed by atoms with Gasteiger partial charge in [-0.05, 0) is 37.1 Å². The van der Waals surface area contributed by atoms with Gasteiger partial charge in [-0.1, -0.05) is 13.0 Å². The van der Waals surface area contributed by atoms with Crippen LogP contribution in [-0.2, 0) is 11.2 Å². The maximum atomic E-state index is 13.3. The molecule has 2 saturated heterocycles. The van der Waals surface area contributed by atoms with Gasteiger partial charge in [0.15, 0.2) is 11.6 Å². The summed E-state index contributed by atoms with van der Waals surface area (Å²) >= 11 is 0. The van der Waals surface area contributed by atoms with Crippen LogP contribution in [0.4, 0.5) is 8.78 Å². The molecule has 2 atom stereocenters. The van der Waals surface area contributed by atoms with Crippen molar-refractivity contribution in [2.24, 2.45) is 0 Å². The van der Waals surface area contributed by atoms with Crippen LogP contribution in [0.1, 0.15) is 18.9 Å². The number of nitrogens with zero attached hydrogens (tertiary/aromatic N) is 2. The largest absolute Gasteiger partial charge is 0.375 e. The van der Waals surface area contributed by atoms with E-state index < -0.39 is 11.6 Å². The quantitative estimate of drug-likeness (QED) is 0.849. The first kappa shape index (κ1) is 15.8. The molecule has 122 valence electrons. The minimum atomic E-state index is -0.777. The smallest absolute Gasteiger partial charge is 0.159 e. The summed E-state index contributed by atoms with van der Waals surface area (Å²) in [5.41, 5.74) is 0.852. The molecule has 3 nitrogen and oxygen atoms in total. The second-order valence-corrected chi connectivity index (χ2v) is 6.19. The average Bonchev–Trinajstić information content (AvgIpc) is 2.55. The molecule has 0 unspecified atom stereocenters. The molecule has 2 heterocycles. The van der Waals surface area contributed by atoms with Gasteiger partial charge in [0, 0.05) is 32.2 Å². The number of benzene rings is 1. The van der Waals surface area contributed by atoms with Crippen molar-refractivity contribution in [3.63, 3.8) is 0 Å². The lowest BCUT2D eigenvalue weighted by molar-refractivity contribution is -0.102. The highest BCUT2D eigenvalue weighted by Gasteiger charge is 2.36. The molecule has 0 N–H and O–H groups in total. The SMILES string of the molecule is CCN1CC[C@H]2OCCN(CCc3ccc(F)c(F)c3)[C@H]2C1. The molecule has 1 aromatic carbocycles. The van der Waals surface area contributed by atoms with E-state index in [1.54, 1.807) is 6.07 Å². The van der Waals surface area contributed by atoms with E-state index >= 15 is 0 Å². The van der Waals surface area contributed by atoms with Crippen molar-refractivity contribution in [3.8, 4) is 0 Å². The van der Waals surface area contributed by atoms with Crippen LogP contribution in [0.25, 0.3) is 0 Å². The third kappa shape index (κ3) is 3.47. The Labute approximate surface area is 130 Å². The van der Waals surface area contributed by atoms with Gasteiger partial charge < -0.3 is 9.64 Å². The molecule has 2 aliphatic rings. The molecule has 0 aromatic heterocycles. The van der Waals surface area contributed by atoms with Crippen molar-refractivity contribution in [1.29, 1.82) is 0 Å². The van der Waals surface area contributed by atoms with Crippen LogP contribution in [-0.4, -0.2) is 61.3 Å². The Balaban J connectivity index is 1.61. The summed E-state index contributed by atoms with van der Waals surface area (Å²) in [5, 5.41) is 0. The zero-order valence-electron chi connectivity index (χ0n) is 13.1. The number of halogens is 2. The number of likely N-dealkylation sites (tertiary alicyclic amines) is 1. The van der Waals surface area contributed by atoms with Crippen LogP contribution in [0.3, 0.4) is 0 Å². The average molecular weight is 310 g/mol. The zero-order valence-corrected chi connectivity index (χ0v) is 13.1.